The van der Waals surface area contributed by atoms with E-state index in [1.165, 1.54) is 0 Å². The molecule has 0 aliphatic carbocycles. The molecule has 0 unspecified atom stereocenters. The Kier molecular flexibility index (Phi) is 4.18. The van der Waals surface area contributed by atoms with Crippen LogP contribution in [0.5, 0.6) is 0 Å². The number of cyclic esters (lactones) is 1. The van der Waals surface area contributed by atoms with E-state index in [9.17, 15) is 4.79 Å². The van der Waals surface area contributed by atoms with E-state index in [2.05, 4.69) is 0 Å². The first-order valence-electron chi connectivity index (χ1n) is 4.66. The molecule has 1 saturated heterocycles. The second-order valence-corrected chi connectivity index (χ2v) is 2.89. The molecule has 0 aromatic rings. The molecule has 0 bridgehead atoms. The Bertz CT molecular complexity index is 169. The van der Waals surface area contributed by atoms with Gasteiger partial charge in [-0.15, -0.1) is 0 Å². The molecule has 1 aliphatic rings. The van der Waals surface area contributed by atoms with Crippen LogP contribution in [0.3, 0.4) is 0 Å². The number of hydrogen-bond donors (Lipinski definition) is 0. The van der Waals surface area contributed by atoms with E-state index in [-0.39, 0.29) is 18.2 Å². The summed E-state index contributed by atoms with van der Waals surface area (Å²) in [5.41, 5.74) is 0. The fourth-order valence-corrected chi connectivity index (χ4v) is 1.34. The van der Waals surface area contributed by atoms with E-state index in [0.717, 1.165) is 0 Å². The highest BCUT2D eigenvalue weighted by Gasteiger charge is 2.35. The van der Waals surface area contributed by atoms with Crippen molar-refractivity contribution in [3.63, 3.8) is 0 Å². The van der Waals surface area contributed by atoms with Crippen molar-refractivity contribution in [1.29, 1.82) is 0 Å². The number of esters is 1. The molecule has 1 fully saturated rings. The molecule has 13 heavy (non-hydrogen) atoms. The Morgan fingerprint density at radius 1 is 1.46 bits per heavy atom. The number of carbonyl (C=O) groups is 1. The summed E-state index contributed by atoms with van der Waals surface area (Å²) >= 11 is 0. The van der Waals surface area contributed by atoms with Crippen LogP contribution >= 0.6 is 0 Å². The van der Waals surface area contributed by atoms with Gasteiger partial charge in [-0.3, -0.25) is 4.79 Å². The summed E-state index contributed by atoms with van der Waals surface area (Å²) in [4.78, 5) is 10.9. The highest BCUT2D eigenvalue weighted by atomic mass is 16.6. The van der Waals surface area contributed by atoms with Gasteiger partial charge in [-0.25, -0.2) is 0 Å². The predicted octanol–water partition coefficient (Wildman–Crippen LogP) is 0.744. The molecular weight excluding hydrogens is 172 g/mol. The third kappa shape index (κ3) is 2.97. The lowest BCUT2D eigenvalue weighted by molar-refractivity contribution is -0.144. The van der Waals surface area contributed by atoms with Crippen LogP contribution in [0.25, 0.3) is 0 Å². The molecule has 1 heterocycles. The Labute approximate surface area is 78.2 Å². The third-order valence-corrected chi connectivity index (χ3v) is 1.93. The first kappa shape index (κ1) is 10.5. The van der Waals surface area contributed by atoms with E-state index in [1.54, 1.807) is 0 Å². The molecule has 0 saturated carbocycles. The van der Waals surface area contributed by atoms with Crippen molar-refractivity contribution in [2.75, 3.05) is 19.8 Å². The number of carbonyl (C=O) groups excluding carboxylic acids is 1. The quantitative estimate of drug-likeness (QED) is 0.597. The third-order valence-electron chi connectivity index (χ3n) is 1.93. The molecule has 0 spiro atoms. The van der Waals surface area contributed by atoms with Gasteiger partial charge < -0.3 is 14.2 Å². The zero-order valence-electron chi connectivity index (χ0n) is 8.12. The molecule has 0 radical (unpaired) electrons. The SMILES string of the molecule is CCOC[C@@H]1OC(=O)C[C@@H]1OCC. The van der Waals surface area contributed by atoms with E-state index < -0.39 is 0 Å². The summed E-state index contributed by atoms with van der Waals surface area (Å²) in [5, 5.41) is 0. The van der Waals surface area contributed by atoms with Gasteiger partial charge in [-0.2, -0.15) is 0 Å². The van der Waals surface area contributed by atoms with E-state index in [0.29, 0.717) is 26.2 Å². The summed E-state index contributed by atoms with van der Waals surface area (Å²) in [6.07, 6.45) is 0.0161. The van der Waals surface area contributed by atoms with E-state index in [1.807, 2.05) is 13.8 Å². The van der Waals surface area contributed by atoms with Crippen molar-refractivity contribution in [3.8, 4) is 0 Å². The molecular formula is C9H16O4. The zero-order chi connectivity index (χ0) is 9.68. The van der Waals surface area contributed by atoms with Gasteiger partial charge >= 0.3 is 5.97 Å². The largest absolute Gasteiger partial charge is 0.457 e. The minimum absolute atomic E-state index is 0.121. The molecule has 0 N–H and O–H groups in total. The van der Waals surface area contributed by atoms with Crippen molar-refractivity contribution in [1.82, 2.24) is 0 Å². The van der Waals surface area contributed by atoms with Gasteiger partial charge in [0.25, 0.3) is 0 Å². The monoisotopic (exact) mass is 188 g/mol. The zero-order valence-corrected chi connectivity index (χ0v) is 8.12. The van der Waals surface area contributed by atoms with Crippen LogP contribution in [0.1, 0.15) is 20.3 Å². The van der Waals surface area contributed by atoms with E-state index >= 15 is 0 Å². The van der Waals surface area contributed by atoms with Crippen LogP contribution in [0.2, 0.25) is 0 Å². The van der Waals surface area contributed by atoms with Crippen LogP contribution in [0.4, 0.5) is 0 Å². The van der Waals surface area contributed by atoms with Gasteiger partial charge in [0.2, 0.25) is 0 Å². The highest BCUT2D eigenvalue weighted by Crippen LogP contribution is 2.18. The molecule has 2 atom stereocenters. The second-order valence-electron chi connectivity index (χ2n) is 2.89. The number of hydrogen-bond acceptors (Lipinski definition) is 4. The summed E-state index contributed by atoms with van der Waals surface area (Å²) < 4.78 is 15.6. The first-order chi connectivity index (χ1) is 6.27. The molecule has 0 aromatic heterocycles. The lowest BCUT2D eigenvalue weighted by Crippen LogP contribution is -2.29. The van der Waals surface area contributed by atoms with Crippen LogP contribution in [0.15, 0.2) is 0 Å². The molecule has 0 amide bonds. The lowest BCUT2D eigenvalue weighted by atomic mass is 10.2. The minimum Gasteiger partial charge on any atom is -0.457 e. The van der Waals surface area contributed by atoms with Crippen molar-refractivity contribution in [3.05, 3.63) is 0 Å². The maximum atomic E-state index is 10.9. The smallest absolute Gasteiger partial charge is 0.309 e. The summed E-state index contributed by atoms with van der Waals surface area (Å²) in [6.45, 7) is 5.48. The number of ether oxygens (including phenoxy) is 3. The Morgan fingerprint density at radius 3 is 2.85 bits per heavy atom. The lowest BCUT2D eigenvalue weighted by Gasteiger charge is -2.16. The van der Waals surface area contributed by atoms with Crippen molar-refractivity contribution >= 4 is 5.97 Å². The Hall–Kier alpha value is -0.610. The fraction of sp³-hybridized carbons (Fsp3) is 0.889. The first-order valence-corrected chi connectivity index (χ1v) is 4.66. The normalized spacial score (nSPS) is 27.7. The van der Waals surface area contributed by atoms with Crippen LogP contribution in [-0.2, 0) is 19.0 Å². The highest BCUT2D eigenvalue weighted by molar-refractivity contribution is 5.72. The standard InChI is InChI=1S/C9H16O4/c1-3-11-6-8-7(12-4-2)5-9(10)13-8/h7-8H,3-6H2,1-2H3/t7-,8-/m0/s1. The van der Waals surface area contributed by atoms with Gasteiger partial charge in [0.05, 0.1) is 13.0 Å². The van der Waals surface area contributed by atoms with E-state index in [4.69, 9.17) is 14.2 Å². The summed E-state index contributed by atoms with van der Waals surface area (Å²) in [7, 11) is 0. The summed E-state index contributed by atoms with van der Waals surface area (Å²) in [6, 6.07) is 0. The van der Waals surface area contributed by atoms with Gasteiger partial charge in [0.1, 0.15) is 6.10 Å². The van der Waals surface area contributed by atoms with Gasteiger partial charge in [0, 0.05) is 13.2 Å². The van der Waals surface area contributed by atoms with Gasteiger partial charge in [-0.1, -0.05) is 0 Å². The minimum atomic E-state index is -0.215. The van der Waals surface area contributed by atoms with Crippen LogP contribution < -0.4 is 0 Å². The topological polar surface area (TPSA) is 44.8 Å². The molecule has 76 valence electrons. The Morgan fingerprint density at radius 2 is 2.23 bits per heavy atom. The van der Waals surface area contributed by atoms with Crippen LogP contribution in [-0.4, -0.2) is 38.0 Å². The molecule has 4 heteroatoms. The second kappa shape index (κ2) is 5.19. The maximum absolute atomic E-state index is 10.9. The average Bonchev–Trinajstić information content (AvgIpc) is 2.44. The Balaban J connectivity index is 2.36. The average molecular weight is 188 g/mol. The molecule has 4 nitrogen and oxygen atoms in total. The fourth-order valence-electron chi connectivity index (χ4n) is 1.34. The number of rotatable bonds is 5. The molecule has 1 rings (SSSR count). The van der Waals surface area contributed by atoms with Crippen LogP contribution in [0, 0.1) is 0 Å². The van der Waals surface area contributed by atoms with Gasteiger partial charge in [-0.05, 0) is 13.8 Å². The van der Waals surface area contributed by atoms with Crippen molar-refractivity contribution < 1.29 is 19.0 Å². The summed E-state index contributed by atoms with van der Waals surface area (Å²) in [5.74, 6) is -0.192. The molecule has 1 aliphatic heterocycles. The molecule has 0 aromatic carbocycles. The maximum Gasteiger partial charge on any atom is 0.309 e. The van der Waals surface area contributed by atoms with Crippen molar-refractivity contribution in [2.45, 2.75) is 32.5 Å². The van der Waals surface area contributed by atoms with Crippen molar-refractivity contribution in [2.24, 2.45) is 0 Å². The van der Waals surface area contributed by atoms with Gasteiger partial charge in [0.15, 0.2) is 6.10 Å². The predicted molar refractivity (Wildman–Crippen MR) is 46.4 cm³/mol.